The molecule has 0 aliphatic carbocycles. The molecule has 1 fully saturated rings. The van der Waals surface area contributed by atoms with Crippen LogP contribution >= 0.6 is 0 Å². The number of rotatable bonds is 7. The minimum absolute atomic E-state index is 0.000752. The van der Waals surface area contributed by atoms with Gasteiger partial charge in [0.2, 0.25) is 10.0 Å². The number of hydrogen-bond acceptors (Lipinski definition) is 5. The zero-order chi connectivity index (χ0) is 20.9. The van der Waals surface area contributed by atoms with E-state index in [0.717, 1.165) is 19.3 Å². The minimum Gasteiger partial charge on any atom is -0.484 e. The van der Waals surface area contributed by atoms with Gasteiger partial charge in [0, 0.05) is 18.8 Å². The maximum atomic E-state index is 13.0. The summed E-state index contributed by atoms with van der Waals surface area (Å²) in [5.74, 6) is -0.684. The van der Waals surface area contributed by atoms with Crippen molar-refractivity contribution in [2.75, 3.05) is 25.0 Å². The number of nitrogens with zero attached hydrogens (tertiary/aromatic N) is 1. The van der Waals surface area contributed by atoms with E-state index < -0.39 is 21.8 Å². The van der Waals surface area contributed by atoms with E-state index in [1.165, 1.54) is 16.4 Å². The molecule has 0 aromatic heterocycles. The molecule has 3 N–H and O–H groups in total. The number of amides is 2. The summed E-state index contributed by atoms with van der Waals surface area (Å²) >= 11 is 0. The highest BCUT2D eigenvalue weighted by atomic mass is 32.2. The van der Waals surface area contributed by atoms with Crippen LogP contribution in [0.4, 0.5) is 5.69 Å². The number of anilines is 1. The fourth-order valence-electron chi connectivity index (χ4n) is 3.11. The van der Waals surface area contributed by atoms with E-state index in [-0.39, 0.29) is 17.1 Å². The molecule has 8 nitrogen and oxygen atoms in total. The highest BCUT2D eigenvalue weighted by molar-refractivity contribution is 7.89. The maximum Gasteiger partial charge on any atom is 0.257 e. The van der Waals surface area contributed by atoms with Gasteiger partial charge in [0.25, 0.3) is 11.8 Å². The Kier molecular flexibility index (Phi) is 6.50. The zero-order valence-electron chi connectivity index (χ0n) is 15.8. The molecule has 2 aromatic carbocycles. The van der Waals surface area contributed by atoms with E-state index in [4.69, 9.17) is 10.5 Å². The van der Waals surface area contributed by atoms with Gasteiger partial charge in [0.15, 0.2) is 6.61 Å². The number of benzene rings is 2. The summed E-state index contributed by atoms with van der Waals surface area (Å²) in [4.78, 5) is 23.5. The molecule has 0 atom stereocenters. The first-order valence-electron chi connectivity index (χ1n) is 9.29. The molecule has 0 bridgehead atoms. The third-order valence-electron chi connectivity index (χ3n) is 4.56. The highest BCUT2D eigenvalue weighted by Crippen LogP contribution is 2.24. The summed E-state index contributed by atoms with van der Waals surface area (Å²) in [6, 6.07) is 12.5. The van der Waals surface area contributed by atoms with Gasteiger partial charge in [-0.1, -0.05) is 18.6 Å². The number of ether oxygens (including phenoxy) is 1. The number of nitrogens with two attached hydrogens (primary N) is 1. The van der Waals surface area contributed by atoms with E-state index in [0.29, 0.717) is 24.5 Å². The molecule has 9 heteroatoms. The first-order chi connectivity index (χ1) is 13.9. The Morgan fingerprint density at radius 1 is 1.00 bits per heavy atom. The number of nitrogens with one attached hydrogen (secondary N) is 1. The second-order valence-corrected chi connectivity index (χ2v) is 8.60. The fourth-order valence-corrected chi connectivity index (χ4v) is 4.82. The first-order valence-corrected chi connectivity index (χ1v) is 10.7. The predicted octanol–water partition coefficient (Wildman–Crippen LogP) is 1.98. The SMILES string of the molecule is NC(=O)COc1ccc(NC(=O)c2ccccc2S(=O)(=O)N2CCCCC2)cc1. The lowest BCUT2D eigenvalue weighted by Gasteiger charge is -2.26. The average Bonchev–Trinajstić information content (AvgIpc) is 2.74. The quantitative estimate of drug-likeness (QED) is 0.714. The number of sulfonamides is 1. The molecular formula is C20H23N3O5S. The molecule has 3 rings (SSSR count). The van der Waals surface area contributed by atoms with Crippen molar-refractivity contribution in [3.8, 4) is 5.75 Å². The fraction of sp³-hybridized carbons (Fsp3) is 0.300. The van der Waals surface area contributed by atoms with Crippen LogP contribution in [0.15, 0.2) is 53.4 Å². The summed E-state index contributed by atoms with van der Waals surface area (Å²) < 4.78 is 32.7. The van der Waals surface area contributed by atoms with Crippen molar-refractivity contribution in [1.82, 2.24) is 4.31 Å². The third kappa shape index (κ3) is 5.12. The van der Waals surface area contributed by atoms with Crippen LogP contribution in [0.5, 0.6) is 5.75 Å². The molecule has 1 heterocycles. The monoisotopic (exact) mass is 417 g/mol. The van der Waals surface area contributed by atoms with E-state index >= 15 is 0 Å². The van der Waals surface area contributed by atoms with Gasteiger partial charge in [0.1, 0.15) is 5.75 Å². The Morgan fingerprint density at radius 2 is 1.66 bits per heavy atom. The lowest BCUT2D eigenvalue weighted by molar-refractivity contribution is -0.119. The molecule has 1 aliphatic rings. The summed E-state index contributed by atoms with van der Waals surface area (Å²) in [5, 5.41) is 2.70. The molecule has 29 heavy (non-hydrogen) atoms. The Bertz CT molecular complexity index is 983. The topological polar surface area (TPSA) is 119 Å². The van der Waals surface area contributed by atoms with Gasteiger partial charge >= 0.3 is 0 Å². The van der Waals surface area contributed by atoms with E-state index in [2.05, 4.69) is 5.32 Å². The van der Waals surface area contributed by atoms with Crippen molar-refractivity contribution >= 4 is 27.5 Å². The molecule has 2 aromatic rings. The van der Waals surface area contributed by atoms with E-state index in [1.54, 1.807) is 36.4 Å². The largest absolute Gasteiger partial charge is 0.484 e. The summed E-state index contributed by atoms with van der Waals surface area (Å²) in [7, 11) is -3.74. The highest BCUT2D eigenvalue weighted by Gasteiger charge is 2.29. The van der Waals surface area contributed by atoms with E-state index in [9.17, 15) is 18.0 Å². The normalized spacial score (nSPS) is 14.9. The Labute approximate surface area is 169 Å². The predicted molar refractivity (Wildman–Crippen MR) is 108 cm³/mol. The van der Waals surface area contributed by atoms with Crippen LogP contribution in [-0.2, 0) is 14.8 Å². The standard InChI is InChI=1S/C20H23N3O5S/c21-19(24)14-28-16-10-8-15(9-11-16)22-20(25)17-6-2-3-7-18(17)29(26,27)23-12-4-1-5-13-23/h2-3,6-11H,1,4-5,12-14H2,(H2,21,24)(H,22,25). The molecule has 1 aliphatic heterocycles. The van der Waals surface area contributed by atoms with Gasteiger partial charge in [-0.05, 0) is 49.2 Å². The van der Waals surface area contributed by atoms with Crippen LogP contribution in [0, 0.1) is 0 Å². The van der Waals surface area contributed by atoms with Crippen molar-refractivity contribution in [3.63, 3.8) is 0 Å². The van der Waals surface area contributed by atoms with Crippen molar-refractivity contribution in [2.24, 2.45) is 5.73 Å². The molecule has 0 spiro atoms. The maximum absolute atomic E-state index is 13.0. The molecular weight excluding hydrogens is 394 g/mol. The summed E-state index contributed by atoms with van der Waals surface area (Å²) in [6.45, 7) is 0.684. The lowest BCUT2D eigenvalue weighted by atomic mass is 10.2. The second-order valence-electron chi connectivity index (χ2n) is 6.69. The number of primary amides is 1. The van der Waals surface area contributed by atoms with Crippen LogP contribution in [0.2, 0.25) is 0 Å². The summed E-state index contributed by atoms with van der Waals surface area (Å²) in [5.41, 5.74) is 5.58. The molecule has 0 saturated carbocycles. The second kappa shape index (κ2) is 9.06. The Hall–Kier alpha value is -2.91. The van der Waals surface area contributed by atoms with Crippen LogP contribution in [0.1, 0.15) is 29.6 Å². The molecule has 154 valence electrons. The van der Waals surface area contributed by atoms with Crippen molar-refractivity contribution in [2.45, 2.75) is 24.2 Å². The molecule has 1 saturated heterocycles. The van der Waals surface area contributed by atoms with Crippen molar-refractivity contribution < 1.29 is 22.7 Å². The lowest BCUT2D eigenvalue weighted by Crippen LogP contribution is -2.36. The van der Waals surface area contributed by atoms with Crippen LogP contribution in [0.3, 0.4) is 0 Å². The molecule has 2 amide bonds. The van der Waals surface area contributed by atoms with Crippen molar-refractivity contribution in [1.29, 1.82) is 0 Å². The molecule has 0 unspecified atom stereocenters. The van der Waals surface area contributed by atoms with Gasteiger partial charge in [-0.3, -0.25) is 9.59 Å². The number of carbonyl (C=O) groups excluding carboxylic acids is 2. The number of piperidine rings is 1. The van der Waals surface area contributed by atoms with Crippen LogP contribution in [-0.4, -0.2) is 44.2 Å². The number of carbonyl (C=O) groups is 2. The molecule has 0 radical (unpaired) electrons. The smallest absolute Gasteiger partial charge is 0.257 e. The van der Waals surface area contributed by atoms with Crippen LogP contribution in [0.25, 0.3) is 0 Å². The number of hydrogen-bond donors (Lipinski definition) is 2. The average molecular weight is 417 g/mol. The van der Waals surface area contributed by atoms with Gasteiger partial charge in [0.05, 0.1) is 10.5 Å². The summed E-state index contributed by atoms with van der Waals surface area (Å²) in [6.07, 6.45) is 2.64. The zero-order valence-corrected chi connectivity index (χ0v) is 16.7. The Morgan fingerprint density at radius 3 is 2.31 bits per heavy atom. The first kappa shape index (κ1) is 20.8. The minimum atomic E-state index is -3.74. The van der Waals surface area contributed by atoms with Gasteiger partial charge < -0.3 is 15.8 Å². The Balaban J connectivity index is 1.77. The third-order valence-corrected chi connectivity index (χ3v) is 6.51. The van der Waals surface area contributed by atoms with Crippen LogP contribution < -0.4 is 15.8 Å². The van der Waals surface area contributed by atoms with Gasteiger partial charge in [-0.25, -0.2) is 8.42 Å². The van der Waals surface area contributed by atoms with Gasteiger partial charge in [-0.2, -0.15) is 4.31 Å². The van der Waals surface area contributed by atoms with Crippen molar-refractivity contribution in [3.05, 3.63) is 54.1 Å². The van der Waals surface area contributed by atoms with E-state index in [1.807, 2.05) is 0 Å². The van der Waals surface area contributed by atoms with Gasteiger partial charge in [-0.15, -0.1) is 0 Å².